The molecule has 3 N–H and O–H groups in total. The molecule has 0 aliphatic rings. The lowest BCUT2D eigenvalue weighted by Crippen LogP contribution is -2.26. The highest BCUT2D eigenvalue weighted by Gasteiger charge is 2.43. The van der Waals surface area contributed by atoms with Crippen molar-refractivity contribution in [2.75, 3.05) is 6.54 Å². The summed E-state index contributed by atoms with van der Waals surface area (Å²) in [5.41, 5.74) is 1.97. The van der Waals surface area contributed by atoms with Crippen LogP contribution >= 0.6 is 0 Å². The zero-order valence-corrected chi connectivity index (χ0v) is 13.4. The van der Waals surface area contributed by atoms with Gasteiger partial charge in [-0.2, -0.15) is 26.3 Å². The maximum Gasteiger partial charge on any atom is 0.417 e. The van der Waals surface area contributed by atoms with Crippen LogP contribution in [-0.4, -0.2) is 17.6 Å². The Morgan fingerprint density at radius 3 is 2.08 bits per heavy atom. The highest BCUT2D eigenvalue weighted by atomic mass is 19.4. The number of carboxylic acids is 1. The lowest BCUT2D eigenvalue weighted by Gasteiger charge is -2.21. The van der Waals surface area contributed by atoms with Crippen molar-refractivity contribution < 1.29 is 36.2 Å². The molecule has 3 nitrogen and oxygen atoms in total. The third kappa shape index (κ3) is 5.91. The molecule has 0 bridgehead atoms. The summed E-state index contributed by atoms with van der Waals surface area (Å²) in [6.07, 6.45) is -9.59. The van der Waals surface area contributed by atoms with Crippen LogP contribution in [0.3, 0.4) is 0 Å². The first-order valence-corrected chi connectivity index (χ1v) is 7.60. The van der Waals surface area contributed by atoms with E-state index in [9.17, 15) is 31.1 Å². The Kier molecular flexibility index (Phi) is 6.87. The van der Waals surface area contributed by atoms with Gasteiger partial charge in [0.25, 0.3) is 0 Å². The van der Waals surface area contributed by atoms with Crippen LogP contribution in [0.5, 0.6) is 0 Å². The summed E-state index contributed by atoms with van der Waals surface area (Å²) < 4.78 is 77.2. The standard InChI is InChI=1S/C16H19F6NO2/c1-2-9(6-11(8-23)14(24)25)5-10-3-4-12(15(17,18)19)13(7-10)16(20,21)22/h3-4,7,9,11H,2,5-6,8,23H2,1H3,(H,24,25). The fourth-order valence-electron chi connectivity index (χ4n) is 2.63. The van der Waals surface area contributed by atoms with E-state index in [0.29, 0.717) is 18.6 Å². The molecule has 25 heavy (non-hydrogen) atoms. The smallest absolute Gasteiger partial charge is 0.417 e. The Hall–Kier alpha value is -1.77. The molecule has 9 heteroatoms. The molecule has 2 atom stereocenters. The predicted octanol–water partition coefficient (Wildman–Crippen LogP) is 4.34. The van der Waals surface area contributed by atoms with Crippen molar-refractivity contribution in [1.82, 2.24) is 0 Å². The second-order valence-corrected chi connectivity index (χ2v) is 5.86. The number of alkyl halides is 6. The van der Waals surface area contributed by atoms with E-state index in [2.05, 4.69) is 0 Å². The number of halogens is 6. The molecule has 0 fully saturated rings. The molecule has 0 radical (unpaired) electrons. The van der Waals surface area contributed by atoms with Gasteiger partial charge in [-0.25, -0.2) is 0 Å². The van der Waals surface area contributed by atoms with Crippen LogP contribution in [0.1, 0.15) is 36.5 Å². The first-order chi connectivity index (χ1) is 11.4. The number of carboxylic acid groups (broad SMARTS) is 1. The number of carbonyl (C=O) groups is 1. The predicted molar refractivity (Wildman–Crippen MR) is 78.7 cm³/mol. The Balaban J connectivity index is 3.11. The molecule has 0 spiro atoms. The summed E-state index contributed by atoms with van der Waals surface area (Å²) in [7, 11) is 0. The molecule has 1 aromatic carbocycles. The van der Waals surface area contributed by atoms with Crippen LogP contribution in [-0.2, 0) is 23.6 Å². The molecule has 1 aromatic rings. The van der Waals surface area contributed by atoms with Crippen molar-refractivity contribution in [2.45, 2.75) is 38.5 Å². The van der Waals surface area contributed by atoms with E-state index in [-0.39, 0.29) is 30.9 Å². The van der Waals surface area contributed by atoms with Gasteiger partial charge in [0.15, 0.2) is 0 Å². The van der Waals surface area contributed by atoms with Crippen molar-refractivity contribution in [3.8, 4) is 0 Å². The van der Waals surface area contributed by atoms with E-state index in [1.54, 1.807) is 6.92 Å². The van der Waals surface area contributed by atoms with E-state index in [0.717, 1.165) is 6.07 Å². The van der Waals surface area contributed by atoms with Gasteiger partial charge in [-0.3, -0.25) is 4.79 Å². The topological polar surface area (TPSA) is 63.3 Å². The molecule has 0 amide bonds. The van der Waals surface area contributed by atoms with Gasteiger partial charge in [0.1, 0.15) is 0 Å². The minimum absolute atomic E-state index is 0.0432. The normalized spacial score (nSPS) is 15.0. The van der Waals surface area contributed by atoms with E-state index < -0.39 is 35.4 Å². The molecule has 2 unspecified atom stereocenters. The minimum atomic E-state index is -5.14. The molecule has 0 saturated heterocycles. The molecular formula is C16H19F6NO2. The third-order valence-corrected chi connectivity index (χ3v) is 4.05. The molecule has 0 heterocycles. The van der Waals surface area contributed by atoms with Gasteiger partial charge in [0.05, 0.1) is 17.0 Å². The molecular weight excluding hydrogens is 352 g/mol. The molecule has 0 aromatic heterocycles. The van der Waals surface area contributed by atoms with E-state index in [1.807, 2.05) is 0 Å². The highest BCUT2D eigenvalue weighted by Crippen LogP contribution is 2.41. The first kappa shape index (κ1) is 21.3. The second-order valence-electron chi connectivity index (χ2n) is 5.86. The zero-order valence-electron chi connectivity index (χ0n) is 13.4. The molecule has 0 aliphatic heterocycles. The largest absolute Gasteiger partial charge is 0.481 e. The molecule has 142 valence electrons. The number of hydrogen-bond donors (Lipinski definition) is 2. The number of aliphatic carboxylic acids is 1. The molecule has 0 aliphatic carbocycles. The summed E-state index contributed by atoms with van der Waals surface area (Å²) in [6, 6.07) is 1.91. The SMILES string of the molecule is CCC(Cc1ccc(C(F)(F)F)c(C(F)(F)F)c1)CC(CN)C(=O)O. The van der Waals surface area contributed by atoms with Crippen LogP contribution in [0.15, 0.2) is 18.2 Å². The second kappa shape index (κ2) is 8.07. The zero-order chi connectivity index (χ0) is 19.4. The highest BCUT2D eigenvalue weighted by molar-refractivity contribution is 5.70. The fourth-order valence-corrected chi connectivity index (χ4v) is 2.63. The van der Waals surface area contributed by atoms with Crippen molar-refractivity contribution >= 4 is 5.97 Å². The van der Waals surface area contributed by atoms with Crippen molar-refractivity contribution in [3.63, 3.8) is 0 Å². The lowest BCUT2D eigenvalue weighted by molar-refractivity contribution is -0.162. The molecule has 0 saturated carbocycles. The van der Waals surface area contributed by atoms with Crippen molar-refractivity contribution in [1.29, 1.82) is 0 Å². The monoisotopic (exact) mass is 371 g/mol. The maximum absolute atomic E-state index is 13.0. The van der Waals surface area contributed by atoms with Gasteiger partial charge in [-0.05, 0) is 36.5 Å². The Bertz CT molecular complexity index is 597. The summed E-state index contributed by atoms with van der Waals surface area (Å²) in [4.78, 5) is 11.0. The number of hydrogen-bond acceptors (Lipinski definition) is 2. The van der Waals surface area contributed by atoms with Crippen LogP contribution in [0.4, 0.5) is 26.3 Å². The van der Waals surface area contributed by atoms with Crippen LogP contribution in [0.2, 0.25) is 0 Å². The third-order valence-electron chi connectivity index (χ3n) is 4.05. The summed E-state index contributed by atoms with van der Waals surface area (Å²) >= 11 is 0. The Labute approximate surface area is 140 Å². The summed E-state index contributed by atoms with van der Waals surface area (Å²) in [5.74, 6) is -2.26. The number of nitrogens with two attached hydrogens (primary N) is 1. The number of rotatable bonds is 7. The van der Waals surface area contributed by atoms with Crippen LogP contribution in [0, 0.1) is 11.8 Å². The van der Waals surface area contributed by atoms with Crippen LogP contribution in [0.25, 0.3) is 0 Å². The maximum atomic E-state index is 13.0. The average Bonchev–Trinajstić information content (AvgIpc) is 2.48. The van der Waals surface area contributed by atoms with E-state index in [4.69, 9.17) is 10.8 Å². The Morgan fingerprint density at radius 1 is 1.12 bits per heavy atom. The quantitative estimate of drug-likeness (QED) is 0.701. The van der Waals surface area contributed by atoms with Gasteiger partial charge in [0, 0.05) is 6.54 Å². The van der Waals surface area contributed by atoms with E-state index in [1.165, 1.54) is 0 Å². The molecule has 1 rings (SSSR count). The van der Waals surface area contributed by atoms with Gasteiger partial charge < -0.3 is 10.8 Å². The average molecular weight is 371 g/mol. The van der Waals surface area contributed by atoms with Crippen molar-refractivity contribution in [3.05, 3.63) is 34.9 Å². The lowest BCUT2D eigenvalue weighted by atomic mass is 9.86. The van der Waals surface area contributed by atoms with Gasteiger partial charge in [-0.15, -0.1) is 0 Å². The van der Waals surface area contributed by atoms with Gasteiger partial charge >= 0.3 is 18.3 Å². The van der Waals surface area contributed by atoms with Gasteiger partial charge in [-0.1, -0.05) is 19.4 Å². The number of benzene rings is 1. The summed E-state index contributed by atoms with van der Waals surface area (Å²) in [5, 5.41) is 9.01. The van der Waals surface area contributed by atoms with Crippen LogP contribution < -0.4 is 5.73 Å². The van der Waals surface area contributed by atoms with Crippen molar-refractivity contribution in [2.24, 2.45) is 17.6 Å². The van der Waals surface area contributed by atoms with Gasteiger partial charge in [0.2, 0.25) is 0 Å². The Morgan fingerprint density at radius 2 is 1.68 bits per heavy atom. The summed E-state index contributed by atoms with van der Waals surface area (Å²) in [6.45, 7) is 1.61. The minimum Gasteiger partial charge on any atom is -0.481 e. The first-order valence-electron chi connectivity index (χ1n) is 7.60. The van der Waals surface area contributed by atoms with E-state index >= 15 is 0 Å². The fraction of sp³-hybridized carbons (Fsp3) is 0.562.